The van der Waals surface area contributed by atoms with Crippen LogP contribution in [0.4, 0.5) is 0 Å². The molecule has 6 heteroatoms. The molecular weight excluding hydrogens is 464 g/mol. The molecule has 1 atom stereocenters. The molecule has 0 heterocycles. The minimum Gasteiger partial charge on any atom is -0.494 e. The maximum absolute atomic E-state index is 11.3. The number of rotatable bonds is 10. The van der Waals surface area contributed by atoms with Crippen LogP contribution in [0.1, 0.15) is 36.8 Å². The van der Waals surface area contributed by atoms with Gasteiger partial charge in [0.2, 0.25) is 0 Å². The zero-order chi connectivity index (χ0) is 18.9. The van der Waals surface area contributed by atoms with E-state index in [1.54, 1.807) is 18.2 Å². The highest BCUT2D eigenvalue weighted by molar-refractivity contribution is 9.10. The third-order valence-corrected chi connectivity index (χ3v) is 5.14. The van der Waals surface area contributed by atoms with Crippen molar-refractivity contribution in [3.8, 4) is 11.5 Å². The smallest absolute Gasteiger partial charge is 0.311 e. The Morgan fingerprint density at radius 1 is 1.19 bits per heavy atom. The van der Waals surface area contributed by atoms with E-state index in [2.05, 4.69) is 38.8 Å². The summed E-state index contributed by atoms with van der Waals surface area (Å²) in [7, 11) is 0. The maximum atomic E-state index is 11.3. The van der Waals surface area contributed by atoms with Crippen LogP contribution < -0.4 is 9.47 Å². The van der Waals surface area contributed by atoms with E-state index in [4.69, 9.17) is 9.47 Å². The molecule has 2 aromatic rings. The van der Waals surface area contributed by atoms with Crippen LogP contribution >= 0.6 is 31.9 Å². The van der Waals surface area contributed by atoms with Gasteiger partial charge in [0.1, 0.15) is 18.1 Å². The molecule has 0 amide bonds. The molecule has 0 saturated carbocycles. The molecule has 0 bridgehead atoms. The van der Waals surface area contributed by atoms with Gasteiger partial charge in [0.05, 0.1) is 17.0 Å². The van der Waals surface area contributed by atoms with E-state index in [9.17, 15) is 9.90 Å². The van der Waals surface area contributed by atoms with E-state index >= 15 is 0 Å². The number of carbonyl (C=O) groups is 1. The predicted molar refractivity (Wildman–Crippen MR) is 109 cm³/mol. The van der Waals surface area contributed by atoms with Gasteiger partial charge in [0.15, 0.2) is 0 Å². The van der Waals surface area contributed by atoms with Gasteiger partial charge < -0.3 is 14.6 Å². The number of carboxylic acids is 1. The minimum absolute atomic E-state index is 0.361. The lowest BCUT2D eigenvalue weighted by Gasteiger charge is -2.13. The normalized spacial score (nSPS) is 11.8. The lowest BCUT2D eigenvalue weighted by molar-refractivity contribution is -0.138. The Bertz CT molecular complexity index is 734. The van der Waals surface area contributed by atoms with E-state index in [0.717, 1.165) is 34.2 Å². The summed E-state index contributed by atoms with van der Waals surface area (Å²) in [5, 5.41) is 9.61. The summed E-state index contributed by atoms with van der Waals surface area (Å²) in [5.74, 6) is 0.0694. The molecule has 140 valence electrons. The number of hydrogen-bond acceptors (Lipinski definition) is 3. The fourth-order valence-corrected chi connectivity index (χ4v) is 3.53. The van der Waals surface area contributed by atoms with Crippen molar-refractivity contribution in [1.29, 1.82) is 0 Å². The van der Waals surface area contributed by atoms with Gasteiger partial charge in [-0.3, -0.25) is 4.79 Å². The zero-order valence-corrected chi connectivity index (χ0v) is 17.8. The summed E-state index contributed by atoms with van der Waals surface area (Å²) in [6.07, 6.45) is 2.14. The van der Waals surface area contributed by atoms with E-state index in [-0.39, 0.29) is 0 Å². The molecule has 4 nitrogen and oxygen atoms in total. The van der Waals surface area contributed by atoms with Crippen molar-refractivity contribution in [1.82, 2.24) is 0 Å². The van der Waals surface area contributed by atoms with Crippen LogP contribution in [0.25, 0.3) is 0 Å². The number of alkyl halides is 1. The lowest BCUT2D eigenvalue weighted by Crippen LogP contribution is -2.12. The lowest BCUT2D eigenvalue weighted by atomic mass is 10.0. The summed E-state index contributed by atoms with van der Waals surface area (Å²) >= 11 is 6.71. The Hall–Kier alpha value is -1.53. The molecule has 0 spiro atoms. The molecular formula is C20H22Br2O4. The minimum atomic E-state index is -0.859. The molecule has 0 aromatic heterocycles. The van der Waals surface area contributed by atoms with E-state index in [0.29, 0.717) is 24.3 Å². The average Bonchev–Trinajstić information content (AvgIpc) is 2.62. The SMILES string of the molecule is CCCCOc1cccc(COc2ccc(C(CBr)C(=O)O)cc2Br)c1. The second kappa shape index (κ2) is 10.6. The van der Waals surface area contributed by atoms with Gasteiger partial charge in [-0.05, 0) is 57.7 Å². The van der Waals surface area contributed by atoms with Crippen molar-refractivity contribution in [3.05, 3.63) is 58.1 Å². The van der Waals surface area contributed by atoms with Crippen LogP contribution in [0, 0.1) is 0 Å². The van der Waals surface area contributed by atoms with Crippen molar-refractivity contribution in [3.63, 3.8) is 0 Å². The first-order chi connectivity index (χ1) is 12.5. The number of ether oxygens (including phenoxy) is 2. The highest BCUT2D eigenvalue weighted by Gasteiger charge is 2.19. The molecule has 0 radical (unpaired) electrons. The molecule has 1 N–H and O–H groups in total. The van der Waals surface area contributed by atoms with Crippen LogP contribution in [-0.4, -0.2) is 23.0 Å². The van der Waals surface area contributed by atoms with Crippen molar-refractivity contribution >= 4 is 37.8 Å². The van der Waals surface area contributed by atoms with Gasteiger partial charge in [-0.25, -0.2) is 0 Å². The highest BCUT2D eigenvalue weighted by Crippen LogP contribution is 2.30. The monoisotopic (exact) mass is 484 g/mol. The van der Waals surface area contributed by atoms with E-state index < -0.39 is 11.9 Å². The first-order valence-electron chi connectivity index (χ1n) is 8.48. The van der Waals surface area contributed by atoms with Gasteiger partial charge >= 0.3 is 5.97 Å². The van der Waals surface area contributed by atoms with Crippen LogP contribution in [0.2, 0.25) is 0 Å². The van der Waals surface area contributed by atoms with Crippen LogP contribution in [0.3, 0.4) is 0 Å². The molecule has 2 rings (SSSR count). The van der Waals surface area contributed by atoms with E-state index in [1.165, 1.54) is 0 Å². The zero-order valence-electron chi connectivity index (χ0n) is 14.6. The number of aliphatic carboxylic acids is 1. The molecule has 0 aliphatic carbocycles. The number of unbranched alkanes of at least 4 members (excludes halogenated alkanes) is 1. The fourth-order valence-electron chi connectivity index (χ4n) is 2.37. The molecule has 0 fully saturated rings. The Kier molecular flexibility index (Phi) is 8.45. The molecule has 1 unspecified atom stereocenters. The van der Waals surface area contributed by atoms with Crippen LogP contribution in [-0.2, 0) is 11.4 Å². The van der Waals surface area contributed by atoms with Crippen molar-refractivity contribution in [2.45, 2.75) is 32.3 Å². The topological polar surface area (TPSA) is 55.8 Å². The number of halogens is 2. The van der Waals surface area contributed by atoms with Gasteiger partial charge in [0.25, 0.3) is 0 Å². The van der Waals surface area contributed by atoms with Gasteiger partial charge in [-0.15, -0.1) is 0 Å². The molecule has 0 aliphatic heterocycles. The third-order valence-electron chi connectivity index (χ3n) is 3.87. The maximum Gasteiger partial charge on any atom is 0.311 e. The quantitative estimate of drug-likeness (QED) is 0.342. The highest BCUT2D eigenvalue weighted by atomic mass is 79.9. The van der Waals surface area contributed by atoms with Gasteiger partial charge in [-0.1, -0.05) is 47.5 Å². The average molecular weight is 486 g/mol. The second-order valence-corrected chi connectivity index (χ2v) is 7.37. The number of carboxylic acid groups (broad SMARTS) is 1. The first-order valence-corrected chi connectivity index (χ1v) is 10.4. The molecule has 0 aliphatic rings. The Morgan fingerprint density at radius 3 is 2.65 bits per heavy atom. The number of benzene rings is 2. The largest absolute Gasteiger partial charge is 0.494 e. The van der Waals surface area contributed by atoms with Crippen molar-refractivity contribution < 1.29 is 19.4 Å². The summed E-state index contributed by atoms with van der Waals surface area (Å²) < 4.78 is 12.3. The van der Waals surface area contributed by atoms with Gasteiger partial charge in [0, 0.05) is 5.33 Å². The standard InChI is InChI=1S/C20H22Br2O4/c1-2-3-9-25-16-6-4-5-14(10-16)13-26-19-8-7-15(11-18(19)22)17(12-21)20(23)24/h4-8,10-11,17H,2-3,9,12-13H2,1H3,(H,23,24). The number of hydrogen-bond donors (Lipinski definition) is 1. The van der Waals surface area contributed by atoms with Crippen LogP contribution in [0.5, 0.6) is 11.5 Å². The summed E-state index contributed by atoms with van der Waals surface area (Å²) in [4.78, 5) is 11.3. The Balaban J connectivity index is 2.01. The molecule has 0 saturated heterocycles. The summed E-state index contributed by atoms with van der Waals surface area (Å²) in [6, 6.07) is 13.2. The fraction of sp³-hybridized carbons (Fsp3) is 0.350. The van der Waals surface area contributed by atoms with E-state index in [1.807, 2.05) is 24.3 Å². The molecule has 2 aromatic carbocycles. The van der Waals surface area contributed by atoms with Gasteiger partial charge in [-0.2, -0.15) is 0 Å². The predicted octanol–water partition coefficient (Wildman–Crippen LogP) is 5.77. The second-order valence-electron chi connectivity index (χ2n) is 5.87. The Labute approximate surface area is 170 Å². The summed E-state index contributed by atoms with van der Waals surface area (Å²) in [5.41, 5.74) is 1.73. The Morgan fingerprint density at radius 2 is 2.00 bits per heavy atom. The third kappa shape index (κ3) is 6.02. The molecule has 26 heavy (non-hydrogen) atoms. The first kappa shape index (κ1) is 20.8. The van der Waals surface area contributed by atoms with Crippen LogP contribution in [0.15, 0.2) is 46.9 Å². The van der Waals surface area contributed by atoms with Crippen molar-refractivity contribution in [2.24, 2.45) is 0 Å². The summed E-state index contributed by atoms with van der Waals surface area (Å²) in [6.45, 7) is 3.25. The van der Waals surface area contributed by atoms with Crippen molar-refractivity contribution in [2.75, 3.05) is 11.9 Å².